The smallest absolute Gasteiger partial charge is 0.0389 e. The predicted octanol–water partition coefficient (Wildman–Crippen LogP) is 2.19. The van der Waals surface area contributed by atoms with Crippen LogP contribution < -0.4 is 11.5 Å². The molecule has 0 radical (unpaired) electrons. The number of thiophene rings is 1. The lowest BCUT2D eigenvalue weighted by Crippen LogP contribution is -2.09. The van der Waals surface area contributed by atoms with E-state index in [9.17, 15) is 0 Å². The first-order valence-corrected chi connectivity index (χ1v) is 5.57. The van der Waals surface area contributed by atoms with Crippen LogP contribution in [0.3, 0.4) is 0 Å². The number of rotatable bonds is 5. The molecule has 1 atom stereocenters. The molecule has 0 fully saturated rings. The zero-order valence-corrected chi connectivity index (χ0v) is 8.94. The van der Waals surface area contributed by atoms with Crippen molar-refractivity contribution in [3.8, 4) is 0 Å². The largest absolute Gasteiger partial charge is 0.330 e. The van der Waals surface area contributed by atoms with Crippen molar-refractivity contribution in [3.63, 3.8) is 0 Å². The number of nitrogens with two attached hydrogens (primary N) is 2. The zero-order chi connectivity index (χ0) is 9.68. The molecule has 1 aromatic rings. The van der Waals surface area contributed by atoms with Gasteiger partial charge in [-0.05, 0) is 38.4 Å². The van der Waals surface area contributed by atoms with Crippen molar-refractivity contribution in [2.24, 2.45) is 11.5 Å². The maximum atomic E-state index is 6.02. The summed E-state index contributed by atoms with van der Waals surface area (Å²) in [6, 6.07) is 4.47. The highest BCUT2D eigenvalue weighted by Gasteiger charge is 2.06. The summed E-state index contributed by atoms with van der Waals surface area (Å²) in [5.74, 6) is 0. The average Bonchev–Trinajstić information content (AvgIpc) is 2.52. The Kier molecular flexibility index (Phi) is 4.42. The summed E-state index contributed by atoms with van der Waals surface area (Å²) in [7, 11) is 0. The summed E-state index contributed by atoms with van der Waals surface area (Å²) in [5.41, 5.74) is 11.4. The van der Waals surface area contributed by atoms with Crippen molar-refractivity contribution in [2.75, 3.05) is 6.54 Å². The summed E-state index contributed by atoms with van der Waals surface area (Å²) in [6.07, 6.45) is 3.27. The van der Waals surface area contributed by atoms with Crippen molar-refractivity contribution < 1.29 is 0 Å². The van der Waals surface area contributed by atoms with Crippen LogP contribution in [0.2, 0.25) is 0 Å². The van der Waals surface area contributed by atoms with Crippen molar-refractivity contribution in [1.82, 2.24) is 0 Å². The Morgan fingerprint density at radius 2 is 2.15 bits per heavy atom. The van der Waals surface area contributed by atoms with Gasteiger partial charge in [0.1, 0.15) is 0 Å². The third kappa shape index (κ3) is 3.46. The molecule has 0 bridgehead atoms. The fourth-order valence-corrected chi connectivity index (χ4v) is 2.22. The first-order chi connectivity index (χ1) is 6.24. The van der Waals surface area contributed by atoms with Gasteiger partial charge in [-0.25, -0.2) is 0 Å². The van der Waals surface area contributed by atoms with Gasteiger partial charge in [0.15, 0.2) is 0 Å². The van der Waals surface area contributed by atoms with Gasteiger partial charge in [0.25, 0.3) is 0 Å². The van der Waals surface area contributed by atoms with Crippen molar-refractivity contribution >= 4 is 11.3 Å². The molecule has 0 aromatic carbocycles. The standard InChI is InChI=1S/C10H18N2S/c1-8-5-6-10(13-8)9(12)4-2-3-7-11/h5-6,9H,2-4,7,11-12H2,1H3/t9-/m0/s1. The monoisotopic (exact) mass is 198 g/mol. The molecule has 74 valence electrons. The normalized spacial score (nSPS) is 13.2. The van der Waals surface area contributed by atoms with E-state index < -0.39 is 0 Å². The molecular weight excluding hydrogens is 180 g/mol. The summed E-state index contributed by atoms with van der Waals surface area (Å²) >= 11 is 1.80. The van der Waals surface area contributed by atoms with Crippen LogP contribution in [0.25, 0.3) is 0 Å². The molecule has 0 unspecified atom stereocenters. The Labute approximate surface area is 83.9 Å². The number of hydrogen-bond acceptors (Lipinski definition) is 3. The lowest BCUT2D eigenvalue weighted by molar-refractivity contribution is 0.598. The van der Waals surface area contributed by atoms with Crippen LogP contribution in [0.5, 0.6) is 0 Å². The predicted molar refractivity (Wildman–Crippen MR) is 58.9 cm³/mol. The van der Waals surface area contributed by atoms with Crippen LogP contribution in [0, 0.1) is 6.92 Å². The van der Waals surface area contributed by atoms with Gasteiger partial charge in [0, 0.05) is 15.8 Å². The SMILES string of the molecule is Cc1ccc([C@@H](N)CCCCN)s1. The Morgan fingerprint density at radius 1 is 1.38 bits per heavy atom. The Balaban J connectivity index is 2.35. The molecule has 0 spiro atoms. The van der Waals surface area contributed by atoms with E-state index in [-0.39, 0.29) is 6.04 Å². The highest BCUT2D eigenvalue weighted by atomic mass is 32.1. The first-order valence-electron chi connectivity index (χ1n) is 4.76. The second kappa shape index (κ2) is 5.37. The Morgan fingerprint density at radius 3 is 2.69 bits per heavy atom. The lowest BCUT2D eigenvalue weighted by Gasteiger charge is -2.08. The quantitative estimate of drug-likeness (QED) is 0.713. The molecule has 13 heavy (non-hydrogen) atoms. The highest BCUT2D eigenvalue weighted by molar-refractivity contribution is 7.12. The fraction of sp³-hybridized carbons (Fsp3) is 0.600. The van der Waals surface area contributed by atoms with Gasteiger partial charge in [-0.15, -0.1) is 11.3 Å². The molecule has 0 aliphatic heterocycles. The van der Waals surface area contributed by atoms with Crippen LogP contribution in [-0.4, -0.2) is 6.54 Å². The van der Waals surface area contributed by atoms with E-state index in [0.29, 0.717) is 0 Å². The van der Waals surface area contributed by atoms with E-state index in [1.165, 1.54) is 9.75 Å². The van der Waals surface area contributed by atoms with Gasteiger partial charge in [0.05, 0.1) is 0 Å². The molecule has 2 nitrogen and oxygen atoms in total. The van der Waals surface area contributed by atoms with Gasteiger partial charge in [-0.1, -0.05) is 6.42 Å². The van der Waals surface area contributed by atoms with Crippen LogP contribution in [0.1, 0.15) is 35.1 Å². The molecule has 0 aliphatic rings. The first kappa shape index (κ1) is 10.7. The average molecular weight is 198 g/mol. The zero-order valence-electron chi connectivity index (χ0n) is 8.12. The molecule has 0 amide bonds. The minimum Gasteiger partial charge on any atom is -0.330 e. The van der Waals surface area contributed by atoms with E-state index in [2.05, 4.69) is 19.1 Å². The van der Waals surface area contributed by atoms with Gasteiger partial charge < -0.3 is 11.5 Å². The van der Waals surface area contributed by atoms with Gasteiger partial charge in [-0.3, -0.25) is 0 Å². The molecule has 1 aromatic heterocycles. The van der Waals surface area contributed by atoms with Crippen LogP contribution in [0.4, 0.5) is 0 Å². The van der Waals surface area contributed by atoms with Gasteiger partial charge in [0.2, 0.25) is 0 Å². The number of unbranched alkanes of at least 4 members (excludes halogenated alkanes) is 1. The Bertz CT molecular complexity index is 245. The third-order valence-corrected chi connectivity index (χ3v) is 3.23. The van der Waals surface area contributed by atoms with Crippen LogP contribution in [-0.2, 0) is 0 Å². The molecule has 1 rings (SSSR count). The maximum absolute atomic E-state index is 6.02. The second-order valence-electron chi connectivity index (χ2n) is 3.34. The number of aryl methyl sites for hydroxylation is 1. The van der Waals surface area contributed by atoms with Crippen molar-refractivity contribution in [1.29, 1.82) is 0 Å². The van der Waals surface area contributed by atoms with Gasteiger partial charge >= 0.3 is 0 Å². The van der Waals surface area contributed by atoms with E-state index in [0.717, 1.165) is 25.8 Å². The van der Waals surface area contributed by atoms with E-state index in [1.54, 1.807) is 11.3 Å². The molecule has 4 N–H and O–H groups in total. The molecule has 3 heteroatoms. The van der Waals surface area contributed by atoms with Crippen molar-refractivity contribution in [2.45, 2.75) is 32.2 Å². The van der Waals surface area contributed by atoms with Crippen LogP contribution >= 0.6 is 11.3 Å². The summed E-state index contributed by atoms with van der Waals surface area (Å²) in [4.78, 5) is 2.64. The summed E-state index contributed by atoms with van der Waals surface area (Å²) in [5, 5.41) is 0. The van der Waals surface area contributed by atoms with E-state index >= 15 is 0 Å². The van der Waals surface area contributed by atoms with E-state index in [4.69, 9.17) is 11.5 Å². The summed E-state index contributed by atoms with van der Waals surface area (Å²) < 4.78 is 0. The Hall–Kier alpha value is -0.380. The topological polar surface area (TPSA) is 52.0 Å². The molecular formula is C10H18N2S. The second-order valence-corrected chi connectivity index (χ2v) is 4.66. The minimum absolute atomic E-state index is 0.213. The fourth-order valence-electron chi connectivity index (χ4n) is 1.30. The van der Waals surface area contributed by atoms with Crippen LogP contribution in [0.15, 0.2) is 12.1 Å². The molecule has 1 heterocycles. The van der Waals surface area contributed by atoms with Crippen molar-refractivity contribution in [3.05, 3.63) is 21.9 Å². The van der Waals surface area contributed by atoms with Gasteiger partial charge in [-0.2, -0.15) is 0 Å². The number of hydrogen-bond donors (Lipinski definition) is 2. The maximum Gasteiger partial charge on any atom is 0.0389 e. The summed E-state index contributed by atoms with van der Waals surface area (Å²) in [6.45, 7) is 2.89. The third-order valence-electron chi connectivity index (χ3n) is 2.10. The molecule has 0 saturated carbocycles. The minimum atomic E-state index is 0.213. The molecule has 0 aliphatic carbocycles. The van der Waals surface area contributed by atoms with E-state index in [1.807, 2.05) is 0 Å². The molecule has 0 saturated heterocycles. The lowest BCUT2D eigenvalue weighted by atomic mass is 10.1. The highest BCUT2D eigenvalue weighted by Crippen LogP contribution is 2.24.